The first-order valence-electron chi connectivity index (χ1n) is 5.15. The van der Waals surface area contributed by atoms with Crippen molar-refractivity contribution in [3.63, 3.8) is 0 Å². The Morgan fingerprint density at radius 1 is 1.42 bits per heavy atom. The Bertz CT molecular complexity index is 529. The number of aliphatic hydroxyl groups is 1. The summed E-state index contributed by atoms with van der Waals surface area (Å²) in [5.41, 5.74) is -0.625. The molecular formula is C11H9F4NO3. The van der Waals surface area contributed by atoms with Crippen LogP contribution in [0.5, 0.6) is 5.75 Å². The highest BCUT2D eigenvalue weighted by Gasteiger charge is 2.60. The largest absolute Gasteiger partial charge is 0.496 e. The summed E-state index contributed by atoms with van der Waals surface area (Å²) in [6.07, 6.45) is -6.04. The lowest BCUT2D eigenvalue weighted by Gasteiger charge is -2.22. The summed E-state index contributed by atoms with van der Waals surface area (Å²) in [6.45, 7) is 0. The maximum Gasteiger partial charge on any atom is 0.458 e. The van der Waals surface area contributed by atoms with Crippen LogP contribution in [0.15, 0.2) is 23.4 Å². The van der Waals surface area contributed by atoms with Crippen molar-refractivity contribution in [2.45, 2.75) is 18.4 Å². The van der Waals surface area contributed by atoms with Crippen LogP contribution >= 0.6 is 0 Å². The summed E-state index contributed by atoms with van der Waals surface area (Å²) in [6, 6.07) is 3.75. The van der Waals surface area contributed by atoms with Crippen LogP contribution in [0, 0.1) is 5.82 Å². The second-order valence-electron chi connectivity index (χ2n) is 3.91. The molecule has 4 nitrogen and oxygen atoms in total. The molecule has 104 valence electrons. The van der Waals surface area contributed by atoms with Gasteiger partial charge in [0.25, 0.3) is 0 Å². The molecule has 0 radical (unpaired) electrons. The first kappa shape index (κ1) is 13.6. The molecule has 1 heterocycles. The summed E-state index contributed by atoms with van der Waals surface area (Å²) in [7, 11) is 1.24. The maximum absolute atomic E-state index is 13.7. The molecule has 1 aliphatic heterocycles. The molecule has 0 saturated carbocycles. The third-order valence-corrected chi connectivity index (χ3v) is 2.64. The Hall–Kier alpha value is -1.83. The molecule has 8 heteroatoms. The number of ether oxygens (including phenoxy) is 1. The van der Waals surface area contributed by atoms with Crippen molar-refractivity contribution < 1.29 is 32.2 Å². The molecule has 0 aromatic heterocycles. The van der Waals surface area contributed by atoms with Crippen LogP contribution in [0.25, 0.3) is 0 Å². The lowest BCUT2D eigenvalue weighted by molar-refractivity contribution is -0.355. The van der Waals surface area contributed by atoms with Gasteiger partial charge in [-0.25, -0.2) is 4.39 Å². The Morgan fingerprint density at radius 3 is 2.63 bits per heavy atom. The fourth-order valence-corrected chi connectivity index (χ4v) is 1.66. The number of rotatable bonds is 2. The predicted molar refractivity (Wildman–Crippen MR) is 56.2 cm³/mol. The molecule has 0 saturated heterocycles. The van der Waals surface area contributed by atoms with E-state index in [1.54, 1.807) is 0 Å². The van der Waals surface area contributed by atoms with Gasteiger partial charge in [-0.2, -0.15) is 13.2 Å². The van der Waals surface area contributed by atoms with E-state index >= 15 is 0 Å². The Balaban J connectivity index is 2.37. The van der Waals surface area contributed by atoms with Crippen LogP contribution in [0.3, 0.4) is 0 Å². The van der Waals surface area contributed by atoms with Gasteiger partial charge in [-0.05, 0) is 12.1 Å². The fourth-order valence-electron chi connectivity index (χ4n) is 1.66. The lowest BCUT2D eigenvalue weighted by atomic mass is 10.0. The van der Waals surface area contributed by atoms with Gasteiger partial charge in [-0.3, -0.25) is 0 Å². The van der Waals surface area contributed by atoms with Crippen LogP contribution in [0.1, 0.15) is 12.0 Å². The quantitative estimate of drug-likeness (QED) is 0.844. The van der Waals surface area contributed by atoms with Gasteiger partial charge in [0, 0.05) is 0 Å². The van der Waals surface area contributed by atoms with Crippen molar-refractivity contribution in [3.8, 4) is 5.75 Å². The number of hydrogen-bond acceptors (Lipinski definition) is 4. The van der Waals surface area contributed by atoms with E-state index in [0.29, 0.717) is 0 Å². The van der Waals surface area contributed by atoms with Gasteiger partial charge in [0.15, 0.2) is 0 Å². The minimum Gasteiger partial charge on any atom is -0.496 e. The van der Waals surface area contributed by atoms with Crippen LogP contribution in [-0.4, -0.2) is 29.9 Å². The van der Waals surface area contributed by atoms with E-state index in [4.69, 9.17) is 4.74 Å². The van der Waals surface area contributed by atoms with Crippen LogP contribution in [-0.2, 0) is 4.84 Å². The fraction of sp³-hybridized carbons (Fsp3) is 0.364. The molecule has 0 bridgehead atoms. The minimum absolute atomic E-state index is 0.00812. The monoisotopic (exact) mass is 279 g/mol. The van der Waals surface area contributed by atoms with Gasteiger partial charge in [-0.15, -0.1) is 0 Å². The van der Waals surface area contributed by atoms with E-state index in [0.717, 1.165) is 6.07 Å². The molecule has 1 N–H and O–H groups in total. The van der Waals surface area contributed by atoms with Crippen LogP contribution in [0.2, 0.25) is 0 Å². The molecule has 0 aliphatic carbocycles. The highest BCUT2D eigenvalue weighted by Crippen LogP contribution is 2.40. The van der Waals surface area contributed by atoms with Gasteiger partial charge >= 0.3 is 12.0 Å². The summed E-state index contributed by atoms with van der Waals surface area (Å²) in [5.74, 6) is -4.24. The molecule has 0 spiro atoms. The SMILES string of the molecule is COc1cccc(F)c1C1=NOC(O)(C(F)(F)F)C1. The van der Waals surface area contributed by atoms with Gasteiger partial charge < -0.3 is 14.7 Å². The molecule has 1 aromatic carbocycles. The van der Waals surface area contributed by atoms with Crippen molar-refractivity contribution >= 4 is 5.71 Å². The van der Waals surface area contributed by atoms with E-state index in [-0.39, 0.29) is 17.0 Å². The smallest absolute Gasteiger partial charge is 0.458 e. The number of alkyl halides is 3. The normalized spacial score (nSPS) is 22.9. The number of hydrogen-bond donors (Lipinski definition) is 1. The summed E-state index contributed by atoms with van der Waals surface area (Å²) in [5, 5.41) is 12.4. The minimum atomic E-state index is -5.03. The number of halogens is 4. The maximum atomic E-state index is 13.7. The Labute approximate surface area is 105 Å². The number of methoxy groups -OCH3 is 1. The van der Waals surface area contributed by atoms with Crippen molar-refractivity contribution in [1.82, 2.24) is 0 Å². The highest BCUT2D eigenvalue weighted by molar-refractivity contribution is 6.04. The van der Waals surface area contributed by atoms with Gasteiger partial charge in [0.05, 0.1) is 19.1 Å². The Kier molecular flexibility index (Phi) is 3.13. The average molecular weight is 279 g/mol. The van der Waals surface area contributed by atoms with E-state index in [1.807, 2.05) is 0 Å². The van der Waals surface area contributed by atoms with Crippen molar-refractivity contribution in [3.05, 3.63) is 29.6 Å². The molecule has 1 atom stereocenters. The molecule has 1 aromatic rings. The summed E-state index contributed by atoms with van der Waals surface area (Å²) >= 11 is 0. The predicted octanol–water partition coefficient (Wildman–Crippen LogP) is 2.21. The third-order valence-electron chi connectivity index (χ3n) is 2.64. The molecule has 1 unspecified atom stereocenters. The lowest BCUT2D eigenvalue weighted by Crippen LogP contribution is -2.45. The highest BCUT2D eigenvalue weighted by atomic mass is 19.4. The molecule has 1 aliphatic rings. The van der Waals surface area contributed by atoms with E-state index in [1.165, 1.54) is 19.2 Å². The summed E-state index contributed by atoms with van der Waals surface area (Å²) < 4.78 is 56.1. The second-order valence-corrected chi connectivity index (χ2v) is 3.91. The summed E-state index contributed by atoms with van der Waals surface area (Å²) in [4.78, 5) is 4.02. The van der Waals surface area contributed by atoms with Crippen molar-refractivity contribution in [2.24, 2.45) is 5.16 Å². The van der Waals surface area contributed by atoms with Crippen molar-refractivity contribution in [1.29, 1.82) is 0 Å². The first-order valence-corrected chi connectivity index (χ1v) is 5.15. The molecular weight excluding hydrogens is 270 g/mol. The topological polar surface area (TPSA) is 51.0 Å². The zero-order valence-corrected chi connectivity index (χ0v) is 9.66. The average Bonchev–Trinajstić information content (AvgIpc) is 2.72. The van der Waals surface area contributed by atoms with Crippen LogP contribution < -0.4 is 4.74 Å². The Morgan fingerprint density at radius 2 is 2.11 bits per heavy atom. The zero-order chi connectivity index (χ0) is 14.3. The van der Waals surface area contributed by atoms with E-state index in [2.05, 4.69) is 9.99 Å². The standard InChI is InChI=1S/C11H9F4NO3/c1-18-8-4-2-3-6(12)9(8)7-5-10(17,19-16-7)11(13,14)15/h2-4,17H,5H2,1H3. The zero-order valence-electron chi connectivity index (χ0n) is 9.66. The molecule has 19 heavy (non-hydrogen) atoms. The number of benzene rings is 1. The van der Waals surface area contributed by atoms with E-state index < -0.39 is 24.2 Å². The van der Waals surface area contributed by atoms with E-state index in [9.17, 15) is 22.7 Å². The first-order chi connectivity index (χ1) is 8.78. The number of oxime groups is 1. The number of nitrogens with zero attached hydrogens (tertiary/aromatic N) is 1. The van der Waals surface area contributed by atoms with Crippen LogP contribution in [0.4, 0.5) is 17.6 Å². The van der Waals surface area contributed by atoms with Crippen molar-refractivity contribution in [2.75, 3.05) is 7.11 Å². The molecule has 2 rings (SSSR count). The van der Waals surface area contributed by atoms with Gasteiger partial charge in [-0.1, -0.05) is 11.2 Å². The molecule has 0 amide bonds. The molecule has 0 fully saturated rings. The van der Waals surface area contributed by atoms with Gasteiger partial charge in [0.2, 0.25) is 0 Å². The van der Waals surface area contributed by atoms with Gasteiger partial charge in [0.1, 0.15) is 17.3 Å². The third kappa shape index (κ3) is 2.23. The second kappa shape index (κ2) is 4.37.